The van der Waals surface area contributed by atoms with Crippen LogP contribution < -0.4 is 21.7 Å². The molecular formula is C30H32N6O3S. The number of amides is 3. The van der Waals surface area contributed by atoms with E-state index in [0.717, 1.165) is 70.9 Å². The van der Waals surface area contributed by atoms with Gasteiger partial charge in [0.2, 0.25) is 5.91 Å². The van der Waals surface area contributed by atoms with Crippen LogP contribution in [0.1, 0.15) is 11.1 Å². The van der Waals surface area contributed by atoms with Crippen molar-refractivity contribution in [1.82, 2.24) is 15.2 Å². The number of anilines is 3. The minimum absolute atomic E-state index is 0.149. The van der Waals surface area contributed by atoms with Crippen LogP contribution in [-0.2, 0) is 9.53 Å². The number of fused-ring (bicyclic) bond motifs is 1. The fourth-order valence-electron chi connectivity index (χ4n) is 4.55. The normalized spacial score (nSPS) is 13.9. The van der Waals surface area contributed by atoms with Crippen LogP contribution in [0.4, 0.5) is 22.0 Å². The summed E-state index contributed by atoms with van der Waals surface area (Å²) in [5, 5.41) is 11.5. The Morgan fingerprint density at radius 3 is 2.65 bits per heavy atom. The number of thiophene rings is 1. The molecule has 1 fully saturated rings. The molecule has 5 rings (SSSR count). The Morgan fingerprint density at radius 2 is 1.88 bits per heavy atom. The third-order valence-corrected chi connectivity index (χ3v) is 7.66. The molecule has 1 saturated heterocycles. The highest BCUT2D eigenvalue weighted by atomic mass is 32.1. The SMILES string of the molecule is Cc1cccc(NC(=O)Nc2ccc(-c3csc4c(C=CC(=O)NCCN5CCOCC5)cnc(N)c34)cc2)c1. The van der Waals surface area contributed by atoms with Crippen molar-refractivity contribution in [2.24, 2.45) is 0 Å². The number of hydrogen-bond acceptors (Lipinski definition) is 7. The average Bonchev–Trinajstić information content (AvgIpc) is 3.40. The maximum absolute atomic E-state index is 12.4. The van der Waals surface area contributed by atoms with Crippen molar-refractivity contribution in [3.8, 4) is 11.1 Å². The van der Waals surface area contributed by atoms with Gasteiger partial charge in [0.15, 0.2) is 0 Å². The van der Waals surface area contributed by atoms with E-state index < -0.39 is 0 Å². The van der Waals surface area contributed by atoms with Gasteiger partial charge in [-0.15, -0.1) is 11.3 Å². The molecule has 0 spiro atoms. The van der Waals surface area contributed by atoms with E-state index in [9.17, 15) is 9.59 Å². The number of hydrogen-bond donors (Lipinski definition) is 4. The van der Waals surface area contributed by atoms with E-state index in [1.165, 1.54) is 6.08 Å². The molecule has 9 nitrogen and oxygen atoms in total. The molecule has 0 unspecified atom stereocenters. The molecule has 2 aromatic heterocycles. The van der Waals surface area contributed by atoms with Gasteiger partial charge in [-0.2, -0.15) is 0 Å². The zero-order chi connectivity index (χ0) is 27.9. The van der Waals surface area contributed by atoms with Gasteiger partial charge in [-0.1, -0.05) is 24.3 Å². The van der Waals surface area contributed by atoms with E-state index >= 15 is 0 Å². The lowest BCUT2D eigenvalue weighted by Gasteiger charge is -2.26. The fraction of sp³-hybridized carbons (Fsp3) is 0.233. The molecule has 0 atom stereocenters. The number of aryl methyl sites for hydroxylation is 1. The Kier molecular flexibility index (Phi) is 8.70. The Morgan fingerprint density at radius 1 is 1.10 bits per heavy atom. The number of nitrogens with two attached hydrogens (primary N) is 1. The molecule has 1 aliphatic rings. The number of aromatic nitrogens is 1. The summed E-state index contributed by atoms with van der Waals surface area (Å²) >= 11 is 1.55. The molecule has 4 aromatic rings. The lowest BCUT2D eigenvalue weighted by molar-refractivity contribution is -0.116. The highest BCUT2D eigenvalue weighted by molar-refractivity contribution is 7.18. The van der Waals surface area contributed by atoms with Crippen LogP contribution >= 0.6 is 11.3 Å². The van der Waals surface area contributed by atoms with Crippen LogP contribution in [0.2, 0.25) is 0 Å². The lowest BCUT2D eigenvalue weighted by Crippen LogP contribution is -2.41. The van der Waals surface area contributed by atoms with Gasteiger partial charge in [0.25, 0.3) is 0 Å². The number of carbonyl (C=O) groups is 2. The molecule has 2 aromatic carbocycles. The van der Waals surface area contributed by atoms with Crippen LogP contribution in [0.5, 0.6) is 0 Å². The van der Waals surface area contributed by atoms with Crippen molar-refractivity contribution in [3.05, 3.63) is 77.3 Å². The van der Waals surface area contributed by atoms with Gasteiger partial charge < -0.3 is 26.4 Å². The second-order valence-electron chi connectivity index (χ2n) is 9.56. The van der Waals surface area contributed by atoms with E-state index in [1.54, 1.807) is 23.6 Å². The number of morpholine rings is 1. The van der Waals surface area contributed by atoms with E-state index in [-0.39, 0.29) is 11.9 Å². The maximum atomic E-state index is 12.4. The quantitative estimate of drug-likeness (QED) is 0.228. The van der Waals surface area contributed by atoms with Gasteiger partial charge in [0.05, 0.1) is 13.2 Å². The molecule has 40 heavy (non-hydrogen) atoms. The maximum Gasteiger partial charge on any atom is 0.323 e. The van der Waals surface area contributed by atoms with Crippen LogP contribution in [0.25, 0.3) is 27.3 Å². The summed E-state index contributed by atoms with van der Waals surface area (Å²) in [6.07, 6.45) is 5.00. The molecule has 0 radical (unpaired) electrons. The number of ether oxygens (including phenoxy) is 1. The number of nitrogens with one attached hydrogen (secondary N) is 3. The van der Waals surface area contributed by atoms with Crippen molar-refractivity contribution in [2.75, 3.05) is 55.8 Å². The van der Waals surface area contributed by atoms with Crippen molar-refractivity contribution < 1.29 is 14.3 Å². The third-order valence-electron chi connectivity index (χ3n) is 6.63. The number of nitrogen functional groups attached to an aromatic ring is 1. The topological polar surface area (TPSA) is 122 Å². The van der Waals surface area contributed by atoms with Gasteiger partial charge in [-0.25, -0.2) is 9.78 Å². The lowest BCUT2D eigenvalue weighted by atomic mass is 10.0. The van der Waals surface area contributed by atoms with Gasteiger partial charge >= 0.3 is 6.03 Å². The predicted molar refractivity (Wildman–Crippen MR) is 163 cm³/mol. The standard InChI is InChI=1S/C30H32N6O3S/c1-20-3-2-4-24(17-20)35-30(38)34-23-8-5-21(6-9-23)25-19-40-28-22(18-33-29(31)27(25)28)7-10-26(37)32-11-12-36-13-15-39-16-14-36/h2-10,17-19H,11-16H2,1H3,(H2,31,33)(H,32,37)(H2,34,35,38). The van der Waals surface area contributed by atoms with Crippen LogP contribution in [-0.4, -0.2) is 61.2 Å². The summed E-state index contributed by atoms with van der Waals surface area (Å²) < 4.78 is 6.31. The average molecular weight is 557 g/mol. The first-order valence-corrected chi connectivity index (χ1v) is 14.0. The van der Waals surface area contributed by atoms with Crippen LogP contribution in [0.3, 0.4) is 0 Å². The molecule has 0 bridgehead atoms. The third kappa shape index (κ3) is 6.84. The van der Waals surface area contributed by atoms with Gasteiger partial charge in [0, 0.05) is 71.0 Å². The number of rotatable bonds is 8. The summed E-state index contributed by atoms with van der Waals surface area (Å²) in [7, 11) is 0. The minimum Gasteiger partial charge on any atom is -0.383 e. The Balaban J connectivity index is 1.24. The zero-order valence-electron chi connectivity index (χ0n) is 22.3. The van der Waals surface area contributed by atoms with Gasteiger partial charge in [-0.3, -0.25) is 9.69 Å². The second kappa shape index (κ2) is 12.7. The summed E-state index contributed by atoms with van der Waals surface area (Å²) in [5.74, 6) is 0.280. The Hall–Kier alpha value is -4.25. The minimum atomic E-state index is -0.311. The summed E-state index contributed by atoms with van der Waals surface area (Å²) in [6.45, 7) is 6.63. The molecular weight excluding hydrogens is 524 g/mol. The van der Waals surface area contributed by atoms with Crippen molar-refractivity contribution in [2.45, 2.75) is 6.92 Å². The van der Waals surface area contributed by atoms with Crippen molar-refractivity contribution in [1.29, 1.82) is 0 Å². The zero-order valence-corrected chi connectivity index (χ0v) is 23.1. The van der Waals surface area contributed by atoms with Gasteiger partial charge in [0.1, 0.15) is 5.82 Å². The largest absolute Gasteiger partial charge is 0.383 e. The van der Waals surface area contributed by atoms with Crippen molar-refractivity contribution >= 4 is 56.6 Å². The number of pyridine rings is 1. The summed E-state index contributed by atoms with van der Waals surface area (Å²) in [6, 6.07) is 14.9. The molecule has 5 N–H and O–H groups in total. The Labute approximate surface area is 237 Å². The summed E-state index contributed by atoms with van der Waals surface area (Å²) in [5.41, 5.74) is 11.5. The van der Waals surface area contributed by atoms with E-state index in [1.807, 2.05) is 60.8 Å². The second-order valence-corrected chi connectivity index (χ2v) is 10.4. The van der Waals surface area contributed by atoms with Gasteiger partial charge in [-0.05, 0) is 53.8 Å². The fourth-order valence-corrected chi connectivity index (χ4v) is 5.63. The first-order chi connectivity index (χ1) is 19.5. The Bertz CT molecular complexity index is 1530. The molecule has 1 aliphatic heterocycles. The molecule has 3 heterocycles. The smallest absolute Gasteiger partial charge is 0.323 e. The molecule has 0 saturated carbocycles. The van der Waals surface area contributed by atoms with E-state index in [2.05, 4.69) is 25.8 Å². The first-order valence-electron chi connectivity index (χ1n) is 13.1. The molecule has 206 valence electrons. The summed E-state index contributed by atoms with van der Waals surface area (Å²) in [4.78, 5) is 31.5. The highest BCUT2D eigenvalue weighted by Gasteiger charge is 2.14. The molecule has 10 heteroatoms. The van der Waals surface area contributed by atoms with Crippen LogP contribution in [0.15, 0.2) is 66.2 Å². The number of nitrogens with zero attached hydrogens (tertiary/aromatic N) is 2. The number of benzene rings is 2. The number of carbonyl (C=O) groups excluding carboxylic acids is 2. The van der Waals surface area contributed by atoms with Crippen LogP contribution in [0, 0.1) is 6.92 Å². The number of urea groups is 1. The monoisotopic (exact) mass is 556 g/mol. The first kappa shape index (κ1) is 27.3. The molecule has 3 amide bonds. The van der Waals surface area contributed by atoms with Crippen molar-refractivity contribution in [3.63, 3.8) is 0 Å². The predicted octanol–water partition coefficient (Wildman–Crippen LogP) is 4.96. The highest BCUT2D eigenvalue weighted by Crippen LogP contribution is 2.39. The van der Waals surface area contributed by atoms with E-state index in [0.29, 0.717) is 18.1 Å². The molecule has 0 aliphatic carbocycles. The van der Waals surface area contributed by atoms with E-state index in [4.69, 9.17) is 10.5 Å².